The number of nitrogens with one attached hydrogen (secondary N) is 1. The van der Waals surface area contributed by atoms with Crippen LogP contribution >= 0.6 is 11.6 Å². The number of sulfonamides is 1. The fourth-order valence-corrected chi connectivity index (χ4v) is 3.71. The van der Waals surface area contributed by atoms with Crippen molar-refractivity contribution in [1.29, 1.82) is 0 Å². The largest absolute Gasteiger partial charge is 0.325 e. The molecule has 0 aliphatic rings. The highest BCUT2D eigenvalue weighted by Gasteiger charge is 2.23. The van der Waals surface area contributed by atoms with Crippen LogP contribution in [0.25, 0.3) is 0 Å². The van der Waals surface area contributed by atoms with Crippen LogP contribution in [-0.2, 0) is 21.4 Å². The first-order valence-corrected chi connectivity index (χ1v) is 9.44. The maximum Gasteiger partial charge on any atom is 0.243 e. The molecule has 2 aromatic carbocycles. The summed E-state index contributed by atoms with van der Waals surface area (Å²) in [6.45, 7) is 2.47. The van der Waals surface area contributed by atoms with Crippen molar-refractivity contribution in [1.82, 2.24) is 4.31 Å². The van der Waals surface area contributed by atoms with E-state index < -0.39 is 10.0 Å². The van der Waals surface area contributed by atoms with Crippen molar-refractivity contribution in [3.05, 3.63) is 60.2 Å². The molecule has 0 radical (unpaired) electrons. The summed E-state index contributed by atoms with van der Waals surface area (Å²) in [4.78, 5) is 11.4. The zero-order valence-corrected chi connectivity index (χ0v) is 14.8. The molecule has 5 nitrogen and oxygen atoms in total. The second kappa shape index (κ2) is 8.28. The number of amides is 1. The maximum atomic E-state index is 12.8. The second-order valence-corrected chi connectivity index (χ2v) is 7.33. The molecule has 0 bridgehead atoms. The fraction of sp³-hybridized carbons (Fsp3) is 0.235. The minimum atomic E-state index is -3.61. The number of carbonyl (C=O) groups excluding carboxylic acids is 1. The van der Waals surface area contributed by atoms with Crippen LogP contribution in [0.1, 0.15) is 12.5 Å². The minimum absolute atomic E-state index is 0.152. The van der Waals surface area contributed by atoms with Crippen LogP contribution in [0.5, 0.6) is 0 Å². The lowest BCUT2D eigenvalue weighted by Crippen LogP contribution is -2.30. The van der Waals surface area contributed by atoms with E-state index in [9.17, 15) is 13.2 Å². The molecule has 24 heavy (non-hydrogen) atoms. The van der Waals surface area contributed by atoms with E-state index in [1.165, 1.54) is 16.4 Å². The van der Waals surface area contributed by atoms with E-state index in [-0.39, 0.29) is 16.7 Å². The molecule has 0 aliphatic carbocycles. The molecule has 0 heterocycles. The molecule has 2 aromatic rings. The van der Waals surface area contributed by atoms with Crippen LogP contribution in [0, 0.1) is 0 Å². The van der Waals surface area contributed by atoms with Crippen molar-refractivity contribution in [3.63, 3.8) is 0 Å². The zero-order valence-electron chi connectivity index (χ0n) is 13.3. The van der Waals surface area contributed by atoms with Gasteiger partial charge < -0.3 is 5.32 Å². The third-order valence-electron chi connectivity index (χ3n) is 3.45. The summed E-state index contributed by atoms with van der Waals surface area (Å²) in [5.41, 5.74) is 1.43. The van der Waals surface area contributed by atoms with Gasteiger partial charge in [-0.05, 0) is 29.8 Å². The molecule has 0 atom stereocenters. The Morgan fingerprint density at radius 2 is 1.71 bits per heavy atom. The molecule has 0 fully saturated rings. The molecule has 2 rings (SSSR count). The first kappa shape index (κ1) is 18.4. The Balaban J connectivity index is 2.19. The van der Waals surface area contributed by atoms with Crippen molar-refractivity contribution in [2.45, 2.75) is 18.4 Å². The second-order valence-electron chi connectivity index (χ2n) is 5.12. The molecular formula is C17H19ClN2O3S. The predicted octanol–water partition coefficient (Wildman–Crippen LogP) is 3.07. The van der Waals surface area contributed by atoms with Gasteiger partial charge in [-0.2, -0.15) is 4.31 Å². The van der Waals surface area contributed by atoms with Gasteiger partial charge in [0.1, 0.15) is 5.88 Å². The fourth-order valence-electron chi connectivity index (χ4n) is 2.21. The molecule has 128 valence electrons. The number of alkyl halides is 1. The summed E-state index contributed by atoms with van der Waals surface area (Å²) in [5, 5.41) is 2.57. The highest BCUT2D eigenvalue weighted by Crippen LogP contribution is 2.20. The van der Waals surface area contributed by atoms with E-state index >= 15 is 0 Å². The Morgan fingerprint density at radius 1 is 1.08 bits per heavy atom. The van der Waals surface area contributed by atoms with Crippen LogP contribution in [0.3, 0.4) is 0 Å². The van der Waals surface area contributed by atoms with E-state index in [0.29, 0.717) is 18.8 Å². The minimum Gasteiger partial charge on any atom is -0.325 e. The van der Waals surface area contributed by atoms with Crippen LogP contribution in [0.4, 0.5) is 5.69 Å². The summed E-state index contributed by atoms with van der Waals surface area (Å²) in [6.07, 6.45) is 0. The van der Waals surface area contributed by atoms with Gasteiger partial charge in [0.05, 0.1) is 4.90 Å². The topological polar surface area (TPSA) is 66.5 Å². The molecule has 0 spiro atoms. The van der Waals surface area contributed by atoms with E-state index in [1.54, 1.807) is 19.1 Å². The number of benzene rings is 2. The van der Waals surface area contributed by atoms with Crippen molar-refractivity contribution in [2.24, 2.45) is 0 Å². The molecule has 0 aromatic heterocycles. The van der Waals surface area contributed by atoms with Crippen LogP contribution in [-0.4, -0.2) is 31.1 Å². The van der Waals surface area contributed by atoms with Gasteiger partial charge in [-0.15, -0.1) is 11.6 Å². The average molecular weight is 367 g/mol. The molecule has 1 N–H and O–H groups in total. The Bertz CT molecular complexity index is 777. The average Bonchev–Trinajstić information content (AvgIpc) is 2.60. The lowest BCUT2D eigenvalue weighted by atomic mass is 10.2. The number of rotatable bonds is 7. The van der Waals surface area contributed by atoms with Crippen LogP contribution in [0.2, 0.25) is 0 Å². The Kier molecular flexibility index (Phi) is 6.36. The van der Waals surface area contributed by atoms with E-state index in [4.69, 9.17) is 11.6 Å². The van der Waals surface area contributed by atoms with Gasteiger partial charge >= 0.3 is 0 Å². The van der Waals surface area contributed by atoms with Crippen molar-refractivity contribution < 1.29 is 13.2 Å². The SMILES string of the molecule is CCN(Cc1ccccc1)S(=O)(=O)c1ccc(NC(=O)CCl)cc1. The summed E-state index contributed by atoms with van der Waals surface area (Å²) >= 11 is 5.43. The lowest BCUT2D eigenvalue weighted by Gasteiger charge is -2.20. The first-order chi connectivity index (χ1) is 11.5. The Hall–Kier alpha value is -1.89. The molecule has 0 saturated heterocycles. The number of halogens is 1. The third kappa shape index (κ3) is 4.56. The summed E-state index contributed by atoms with van der Waals surface area (Å²) in [5.74, 6) is -0.493. The smallest absolute Gasteiger partial charge is 0.243 e. The highest BCUT2D eigenvalue weighted by atomic mass is 35.5. The number of hydrogen-bond acceptors (Lipinski definition) is 3. The summed E-state index contributed by atoms with van der Waals surface area (Å²) < 4.78 is 27.0. The lowest BCUT2D eigenvalue weighted by molar-refractivity contribution is -0.113. The van der Waals surface area contributed by atoms with Gasteiger partial charge in [0.25, 0.3) is 0 Å². The standard InChI is InChI=1S/C17H19ClN2O3S/c1-2-20(13-14-6-4-3-5-7-14)24(22,23)16-10-8-15(9-11-16)19-17(21)12-18/h3-11H,2,12-13H2,1H3,(H,19,21). The maximum absolute atomic E-state index is 12.8. The third-order valence-corrected chi connectivity index (χ3v) is 5.63. The monoisotopic (exact) mass is 366 g/mol. The number of nitrogens with zero attached hydrogens (tertiary/aromatic N) is 1. The number of anilines is 1. The van der Waals surface area contributed by atoms with Gasteiger partial charge in [0.15, 0.2) is 0 Å². The van der Waals surface area contributed by atoms with Gasteiger partial charge in [0.2, 0.25) is 15.9 Å². The molecule has 0 saturated carbocycles. The zero-order chi connectivity index (χ0) is 17.6. The van der Waals surface area contributed by atoms with E-state index in [0.717, 1.165) is 5.56 Å². The molecular weight excluding hydrogens is 348 g/mol. The normalized spacial score (nSPS) is 11.5. The van der Waals surface area contributed by atoms with Gasteiger partial charge in [-0.1, -0.05) is 37.3 Å². The van der Waals surface area contributed by atoms with Gasteiger partial charge in [0, 0.05) is 18.8 Å². The highest BCUT2D eigenvalue weighted by molar-refractivity contribution is 7.89. The Morgan fingerprint density at radius 3 is 2.25 bits per heavy atom. The summed E-state index contributed by atoms with van der Waals surface area (Å²) in [7, 11) is -3.61. The Labute approximate surface area is 147 Å². The van der Waals surface area contributed by atoms with Gasteiger partial charge in [-0.3, -0.25) is 4.79 Å². The molecule has 7 heteroatoms. The van der Waals surface area contributed by atoms with Crippen LogP contribution < -0.4 is 5.32 Å². The van der Waals surface area contributed by atoms with Gasteiger partial charge in [-0.25, -0.2) is 8.42 Å². The van der Waals surface area contributed by atoms with E-state index in [2.05, 4.69) is 5.32 Å². The first-order valence-electron chi connectivity index (χ1n) is 7.47. The molecule has 1 amide bonds. The molecule has 0 aliphatic heterocycles. The van der Waals surface area contributed by atoms with Crippen molar-refractivity contribution >= 4 is 33.2 Å². The number of hydrogen-bond donors (Lipinski definition) is 1. The summed E-state index contributed by atoms with van der Waals surface area (Å²) in [6, 6.07) is 15.5. The van der Waals surface area contributed by atoms with Crippen molar-refractivity contribution in [3.8, 4) is 0 Å². The number of carbonyl (C=O) groups is 1. The quantitative estimate of drug-likeness (QED) is 0.766. The van der Waals surface area contributed by atoms with Crippen LogP contribution in [0.15, 0.2) is 59.5 Å². The molecule has 0 unspecified atom stereocenters. The predicted molar refractivity (Wildman–Crippen MR) is 95.5 cm³/mol. The van der Waals surface area contributed by atoms with E-state index in [1.807, 2.05) is 30.3 Å². The van der Waals surface area contributed by atoms with Crippen molar-refractivity contribution in [2.75, 3.05) is 17.7 Å².